The molecule has 0 aliphatic heterocycles. The first kappa shape index (κ1) is 59.9. The van der Waals surface area contributed by atoms with E-state index in [4.69, 9.17) is 14.2 Å². The molecule has 362 valence electrons. The van der Waals surface area contributed by atoms with E-state index in [2.05, 4.69) is 93.7 Å². The van der Waals surface area contributed by atoms with Crippen LogP contribution < -0.4 is 0 Å². The van der Waals surface area contributed by atoms with Crippen LogP contribution in [0.2, 0.25) is 0 Å². The van der Waals surface area contributed by atoms with Gasteiger partial charge in [-0.3, -0.25) is 14.4 Å². The summed E-state index contributed by atoms with van der Waals surface area (Å²) in [7, 11) is 0. The Kier molecular flexibility index (Phi) is 48.9. The summed E-state index contributed by atoms with van der Waals surface area (Å²) in [4.78, 5) is 38.0. The molecule has 0 aliphatic carbocycles. The van der Waals surface area contributed by atoms with Gasteiger partial charge in [0.15, 0.2) is 6.10 Å². The van der Waals surface area contributed by atoms with Crippen molar-refractivity contribution in [3.8, 4) is 0 Å². The van der Waals surface area contributed by atoms with Gasteiger partial charge in [0.05, 0.1) is 0 Å². The van der Waals surface area contributed by atoms with Crippen LogP contribution in [0.5, 0.6) is 0 Å². The van der Waals surface area contributed by atoms with E-state index in [-0.39, 0.29) is 31.1 Å². The summed E-state index contributed by atoms with van der Waals surface area (Å²) in [5, 5.41) is 0. The molecule has 0 saturated carbocycles. The number of unbranched alkanes of at least 4 members (excludes halogenated alkanes) is 24. The van der Waals surface area contributed by atoms with Crippen LogP contribution >= 0.6 is 0 Å². The first-order valence-electron chi connectivity index (χ1n) is 26.4. The Bertz CT molecular complexity index is 1190. The lowest BCUT2D eigenvalue weighted by atomic mass is 10.1. The molecule has 0 rings (SSSR count). The molecule has 1 atom stereocenters. The lowest BCUT2D eigenvalue weighted by Gasteiger charge is -2.18. The predicted molar refractivity (Wildman–Crippen MR) is 270 cm³/mol. The van der Waals surface area contributed by atoms with Gasteiger partial charge in [-0.25, -0.2) is 0 Å². The van der Waals surface area contributed by atoms with Gasteiger partial charge in [-0.2, -0.15) is 0 Å². The molecule has 0 bridgehead atoms. The standard InChI is InChI=1S/C57H98O6/c1-4-7-10-13-16-19-22-25-28-31-34-37-40-43-46-49-55(58)61-52-54(63-57(60)51-48-45-42-39-36-33-30-27-24-21-18-15-12-9-6-3)53-62-56(59)50-47-44-41-38-35-32-29-26-23-20-17-14-11-8-5-2/h7,10,16,18-21,23,25,27-28,30,54H,4-6,8-9,11-15,17,22,24,26,29,31-53H2,1-3H3/b10-7-,19-16-,21-18-,23-20-,28-25-,30-27-/t54-/m1/s1. The highest BCUT2D eigenvalue weighted by Gasteiger charge is 2.19. The lowest BCUT2D eigenvalue weighted by Crippen LogP contribution is -2.30. The third kappa shape index (κ3) is 49.7. The summed E-state index contributed by atoms with van der Waals surface area (Å²) < 4.78 is 16.8. The maximum absolute atomic E-state index is 12.8. The van der Waals surface area contributed by atoms with Crippen LogP contribution in [0.15, 0.2) is 72.9 Å². The quantitative estimate of drug-likeness (QED) is 0.0262. The zero-order valence-corrected chi connectivity index (χ0v) is 41.3. The summed E-state index contributed by atoms with van der Waals surface area (Å²) in [5.74, 6) is -0.922. The average Bonchev–Trinajstić information content (AvgIpc) is 3.28. The minimum atomic E-state index is -0.791. The number of hydrogen-bond donors (Lipinski definition) is 0. The van der Waals surface area contributed by atoms with Crippen molar-refractivity contribution in [1.29, 1.82) is 0 Å². The van der Waals surface area contributed by atoms with E-state index in [1.54, 1.807) is 0 Å². The number of hydrogen-bond acceptors (Lipinski definition) is 6. The zero-order chi connectivity index (χ0) is 45.8. The molecule has 0 N–H and O–H groups in total. The fraction of sp³-hybridized carbons (Fsp3) is 0.737. The lowest BCUT2D eigenvalue weighted by molar-refractivity contribution is -0.167. The molecule has 6 heteroatoms. The third-order valence-corrected chi connectivity index (χ3v) is 11.2. The van der Waals surface area contributed by atoms with Crippen LogP contribution in [0.1, 0.15) is 252 Å². The minimum absolute atomic E-state index is 0.0890. The van der Waals surface area contributed by atoms with E-state index in [0.717, 1.165) is 122 Å². The monoisotopic (exact) mass is 879 g/mol. The second-order valence-corrected chi connectivity index (χ2v) is 17.4. The Morgan fingerprint density at radius 2 is 0.619 bits per heavy atom. The second kappa shape index (κ2) is 51.5. The first-order valence-corrected chi connectivity index (χ1v) is 26.4. The molecule has 0 amide bonds. The molecular weight excluding hydrogens is 781 g/mol. The number of carbonyl (C=O) groups is 3. The normalized spacial score (nSPS) is 12.6. The van der Waals surface area contributed by atoms with E-state index in [0.29, 0.717) is 19.3 Å². The Morgan fingerprint density at radius 3 is 1.02 bits per heavy atom. The van der Waals surface area contributed by atoms with Crippen molar-refractivity contribution in [2.24, 2.45) is 0 Å². The molecule has 0 aliphatic rings. The predicted octanol–water partition coefficient (Wildman–Crippen LogP) is 17.4. The van der Waals surface area contributed by atoms with Crippen molar-refractivity contribution >= 4 is 17.9 Å². The van der Waals surface area contributed by atoms with Crippen molar-refractivity contribution in [2.75, 3.05) is 13.2 Å². The van der Waals surface area contributed by atoms with Crippen LogP contribution in [0.4, 0.5) is 0 Å². The fourth-order valence-electron chi connectivity index (χ4n) is 7.19. The SMILES string of the molecule is CC/C=C\C/C=C\C/C=C\CCCCCCCC(=O)OC[C@H](COC(=O)CCCCCCCCC/C=C\CCCCCC)OC(=O)CCCCCCC/C=C\C/C=C\CCCCC. The van der Waals surface area contributed by atoms with Crippen LogP contribution in [-0.2, 0) is 28.6 Å². The van der Waals surface area contributed by atoms with E-state index in [1.807, 2.05) is 0 Å². The molecular formula is C57H98O6. The van der Waals surface area contributed by atoms with Gasteiger partial charge in [0.2, 0.25) is 0 Å². The number of allylic oxidation sites excluding steroid dienone is 12. The van der Waals surface area contributed by atoms with Gasteiger partial charge < -0.3 is 14.2 Å². The van der Waals surface area contributed by atoms with Gasteiger partial charge in [-0.1, -0.05) is 196 Å². The molecule has 0 radical (unpaired) electrons. The van der Waals surface area contributed by atoms with Gasteiger partial charge in [0.25, 0.3) is 0 Å². The van der Waals surface area contributed by atoms with Gasteiger partial charge >= 0.3 is 17.9 Å². The van der Waals surface area contributed by atoms with Crippen molar-refractivity contribution < 1.29 is 28.6 Å². The summed E-state index contributed by atoms with van der Waals surface area (Å²) >= 11 is 0. The summed E-state index contributed by atoms with van der Waals surface area (Å²) in [6, 6.07) is 0. The second-order valence-electron chi connectivity index (χ2n) is 17.4. The van der Waals surface area contributed by atoms with Crippen LogP contribution in [0.25, 0.3) is 0 Å². The molecule has 63 heavy (non-hydrogen) atoms. The first-order chi connectivity index (χ1) is 31.0. The Balaban J connectivity index is 4.44. The van der Waals surface area contributed by atoms with Gasteiger partial charge in [-0.05, 0) is 109 Å². The molecule has 0 fully saturated rings. The maximum Gasteiger partial charge on any atom is 0.306 e. The maximum atomic E-state index is 12.8. The highest BCUT2D eigenvalue weighted by molar-refractivity contribution is 5.71. The largest absolute Gasteiger partial charge is 0.462 e. The van der Waals surface area contributed by atoms with Crippen LogP contribution in [-0.4, -0.2) is 37.2 Å². The van der Waals surface area contributed by atoms with Crippen LogP contribution in [0.3, 0.4) is 0 Å². The highest BCUT2D eigenvalue weighted by atomic mass is 16.6. The summed E-state index contributed by atoms with van der Waals surface area (Å²) in [6.07, 6.45) is 64.5. The van der Waals surface area contributed by atoms with E-state index in [9.17, 15) is 14.4 Å². The summed E-state index contributed by atoms with van der Waals surface area (Å²) in [6.45, 7) is 6.46. The number of esters is 3. The molecule has 0 aromatic heterocycles. The zero-order valence-electron chi connectivity index (χ0n) is 41.3. The molecule has 0 unspecified atom stereocenters. The average molecular weight is 879 g/mol. The van der Waals surface area contributed by atoms with Gasteiger partial charge in [0, 0.05) is 19.3 Å². The molecule has 0 heterocycles. The number of carbonyl (C=O) groups excluding carboxylic acids is 3. The topological polar surface area (TPSA) is 78.9 Å². The highest BCUT2D eigenvalue weighted by Crippen LogP contribution is 2.14. The van der Waals surface area contributed by atoms with E-state index in [1.165, 1.54) is 89.9 Å². The summed E-state index contributed by atoms with van der Waals surface area (Å²) in [5.41, 5.74) is 0. The van der Waals surface area contributed by atoms with E-state index >= 15 is 0 Å². The van der Waals surface area contributed by atoms with Crippen molar-refractivity contribution in [3.63, 3.8) is 0 Å². The Labute approximate surface area is 389 Å². The number of ether oxygens (including phenoxy) is 3. The van der Waals surface area contributed by atoms with Crippen molar-refractivity contribution in [1.82, 2.24) is 0 Å². The Morgan fingerprint density at radius 1 is 0.333 bits per heavy atom. The molecule has 0 aromatic rings. The molecule has 0 aromatic carbocycles. The van der Waals surface area contributed by atoms with E-state index < -0.39 is 6.10 Å². The van der Waals surface area contributed by atoms with Crippen molar-refractivity contribution in [3.05, 3.63) is 72.9 Å². The van der Waals surface area contributed by atoms with Crippen molar-refractivity contribution in [2.45, 2.75) is 258 Å². The third-order valence-electron chi connectivity index (χ3n) is 11.2. The molecule has 0 spiro atoms. The molecule has 0 saturated heterocycles. The Hall–Kier alpha value is -3.15. The van der Waals surface area contributed by atoms with Crippen LogP contribution in [0, 0.1) is 0 Å². The smallest absolute Gasteiger partial charge is 0.306 e. The van der Waals surface area contributed by atoms with Gasteiger partial charge in [-0.15, -0.1) is 0 Å². The molecule has 6 nitrogen and oxygen atoms in total. The number of rotatable bonds is 47. The van der Waals surface area contributed by atoms with Gasteiger partial charge in [0.1, 0.15) is 13.2 Å². The fourth-order valence-corrected chi connectivity index (χ4v) is 7.19. The minimum Gasteiger partial charge on any atom is -0.462 e.